The molecule has 1 N–H and O–H groups in total. The molecule has 1 amide bonds. The summed E-state index contributed by atoms with van der Waals surface area (Å²) < 4.78 is 4.87. The molecule has 1 aromatic rings. The number of carbonyl (C=O) groups is 1. The first-order valence-electron chi connectivity index (χ1n) is 4.16. The van der Waals surface area contributed by atoms with Crippen LogP contribution in [0, 0.1) is 0 Å². The summed E-state index contributed by atoms with van der Waals surface area (Å²) in [4.78, 5) is 11.3. The molecule has 1 aromatic heterocycles. The fraction of sp³-hybridized carbons (Fsp3) is 0.300. The molecular weight excluding hydrogens is 166 g/mol. The topological polar surface area (TPSA) is 42.2 Å². The molecule has 0 radical (unpaired) electrons. The molecule has 1 rings (SSSR count). The van der Waals surface area contributed by atoms with Crippen LogP contribution in [0.3, 0.4) is 0 Å². The monoisotopic (exact) mass is 179 g/mol. The number of hydrogen-bond acceptors (Lipinski definition) is 2. The van der Waals surface area contributed by atoms with Crippen LogP contribution < -0.4 is 5.32 Å². The maximum Gasteiger partial charge on any atom is 0.246 e. The largest absolute Gasteiger partial charge is 0.472 e. The first-order chi connectivity index (χ1) is 6.24. The second-order valence-electron chi connectivity index (χ2n) is 2.79. The fourth-order valence-corrected chi connectivity index (χ4v) is 0.846. The minimum absolute atomic E-state index is 0.0382. The number of carbonyl (C=O) groups excluding carboxylic acids is 1. The molecule has 0 bridgehead atoms. The molecule has 0 saturated heterocycles. The molecular formula is C10H13NO2. The van der Waals surface area contributed by atoms with Crippen molar-refractivity contribution in [2.24, 2.45) is 0 Å². The van der Waals surface area contributed by atoms with Gasteiger partial charge in [-0.2, -0.15) is 0 Å². The van der Waals surface area contributed by atoms with E-state index in [1.165, 1.54) is 0 Å². The van der Waals surface area contributed by atoms with Crippen LogP contribution in [-0.2, 0) is 11.3 Å². The third-order valence-electron chi connectivity index (χ3n) is 1.82. The van der Waals surface area contributed by atoms with Gasteiger partial charge < -0.3 is 9.73 Å². The Bertz CT molecular complexity index is 299. The molecule has 0 saturated carbocycles. The van der Waals surface area contributed by atoms with Crippen LogP contribution in [0.1, 0.15) is 19.4 Å². The van der Waals surface area contributed by atoms with Crippen LogP contribution in [0.2, 0.25) is 0 Å². The van der Waals surface area contributed by atoms with Crippen LogP contribution >= 0.6 is 0 Å². The van der Waals surface area contributed by atoms with Gasteiger partial charge in [0.15, 0.2) is 0 Å². The van der Waals surface area contributed by atoms with E-state index in [1.54, 1.807) is 25.5 Å². The number of rotatable bonds is 3. The average Bonchev–Trinajstić information content (AvgIpc) is 2.65. The predicted molar refractivity (Wildman–Crippen MR) is 50.0 cm³/mol. The summed E-state index contributed by atoms with van der Waals surface area (Å²) in [6, 6.07) is 1.82. The molecule has 3 nitrogen and oxygen atoms in total. The van der Waals surface area contributed by atoms with Gasteiger partial charge in [-0.15, -0.1) is 0 Å². The number of hydrogen-bond donors (Lipinski definition) is 1. The Kier molecular flexibility index (Phi) is 3.31. The molecule has 0 unspecified atom stereocenters. The Morgan fingerprint density at radius 1 is 1.69 bits per heavy atom. The average molecular weight is 179 g/mol. The number of nitrogens with one attached hydrogen (secondary N) is 1. The van der Waals surface area contributed by atoms with Gasteiger partial charge in [0.2, 0.25) is 5.91 Å². The van der Waals surface area contributed by atoms with Gasteiger partial charge in [-0.1, -0.05) is 6.08 Å². The third kappa shape index (κ3) is 2.78. The van der Waals surface area contributed by atoms with Crippen molar-refractivity contribution in [2.45, 2.75) is 20.4 Å². The van der Waals surface area contributed by atoms with Gasteiger partial charge in [0.1, 0.15) is 0 Å². The molecule has 0 fully saturated rings. The summed E-state index contributed by atoms with van der Waals surface area (Å²) >= 11 is 0. The van der Waals surface area contributed by atoms with Crippen molar-refractivity contribution in [3.05, 3.63) is 35.8 Å². The molecule has 0 atom stereocenters. The molecule has 3 heteroatoms. The minimum atomic E-state index is -0.0382. The molecule has 70 valence electrons. The highest BCUT2D eigenvalue weighted by atomic mass is 16.3. The zero-order valence-corrected chi connectivity index (χ0v) is 7.83. The minimum Gasteiger partial charge on any atom is -0.472 e. The normalized spacial score (nSPS) is 11.4. The Balaban J connectivity index is 2.40. The first-order valence-corrected chi connectivity index (χ1v) is 4.16. The van der Waals surface area contributed by atoms with Crippen molar-refractivity contribution in [3.8, 4) is 0 Å². The van der Waals surface area contributed by atoms with Gasteiger partial charge in [-0.25, -0.2) is 0 Å². The summed E-state index contributed by atoms with van der Waals surface area (Å²) in [5.74, 6) is -0.0382. The summed E-state index contributed by atoms with van der Waals surface area (Å²) in [6.45, 7) is 4.14. The zero-order valence-electron chi connectivity index (χ0n) is 7.83. The van der Waals surface area contributed by atoms with Crippen LogP contribution in [0.4, 0.5) is 0 Å². The first kappa shape index (κ1) is 9.58. The van der Waals surface area contributed by atoms with Crippen molar-refractivity contribution in [2.75, 3.05) is 0 Å². The van der Waals surface area contributed by atoms with Gasteiger partial charge >= 0.3 is 0 Å². The highest BCUT2D eigenvalue weighted by Gasteiger charge is 2.02. The van der Waals surface area contributed by atoms with E-state index in [0.717, 1.165) is 11.1 Å². The molecule has 0 aliphatic heterocycles. The lowest BCUT2D eigenvalue weighted by atomic mass is 10.2. The fourth-order valence-electron chi connectivity index (χ4n) is 0.846. The van der Waals surface area contributed by atoms with Crippen LogP contribution in [0.15, 0.2) is 34.7 Å². The maximum atomic E-state index is 11.3. The van der Waals surface area contributed by atoms with Crippen molar-refractivity contribution in [1.82, 2.24) is 5.32 Å². The number of amides is 1. The Hall–Kier alpha value is -1.51. The standard InChI is InChI=1S/C10H13NO2/c1-3-8(2)10(12)11-6-9-4-5-13-7-9/h3-5,7H,6H2,1-2H3,(H,11,12)/b8-3-. The molecule has 0 aromatic carbocycles. The van der Waals surface area contributed by atoms with Crippen molar-refractivity contribution < 1.29 is 9.21 Å². The van der Waals surface area contributed by atoms with Gasteiger partial charge in [0, 0.05) is 17.7 Å². The number of furan rings is 1. The highest BCUT2D eigenvalue weighted by Crippen LogP contribution is 1.99. The van der Waals surface area contributed by atoms with E-state index in [1.807, 2.05) is 13.0 Å². The second kappa shape index (κ2) is 4.50. The lowest BCUT2D eigenvalue weighted by molar-refractivity contribution is -0.117. The van der Waals surface area contributed by atoms with E-state index in [2.05, 4.69) is 5.32 Å². The van der Waals surface area contributed by atoms with E-state index in [-0.39, 0.29) is 5.91 Å². The van der Waals surface area contributed by atoms with Crippen molar-refractivity contribution in [3.63, 3.8) is 0 Å². The second-order valence-corrected chi connectivity index (χ2v) is 2.79. The summed E-state index contributed by atoms with van der Waals surface area (Å²) in [5, 5.41) is 2.77. The molecule has 13 heavy (non-hydrogen) atoms. The van der Waals surface area contributed by atoms with Gasteiger partial charge in [-0.05, 0) is 19.9 Å². The van der Waals surface area contributed by atoms with E-state index in [0.29, 0.717) is 6.54 Å². The number of allylic oxidation sites excluding steroid dienone is 1. The third-order valence-corrected chi connectivity index (χ3v) is 1.82. The van der Waals surface area contributed by atoms with Crippen molar-refractivity contribution in [1.29, 1.82) is 0 Å². The predicted octanol–water partition coefficient (Wildman–Crippen LogP) is 1.86. The summed E-state index contributed by atoms with van der Waals surface area (Å²) in [5.41, 5.74) is 1.70. The van der Waals surface area contributed by atoms with Crippen molar-refractivity contribution >= 4 is 5.91 Å². The Morgan fingerprint density at radius 2 is 2.46 bits per heavy atom. The van der Waals surface area contributed by atoms with Crippen LogP contribution in [-0.4, -0.2) is 5.91 Å². The Morgan fingerprint density at radius 3 is 3.00 bits per heavy atom. The maximum absolute atomic E-state index is 11.3. The summed E-state index contributed by atoms with van der Waals surface area (Å²) in [7, 11) is 0. The van der Waals surface area contributed by atoms with E-state index >= 15 is 0 Å². The van der Waals surface area contributed by atoms with Gasteiger partial charge in [-0.3, -0.25) is 4.79 Å². The molecule has 1 heterocycles. The van der Waals surface area contributed by atoms with Gasteiger partial charge in [0.25, 0.3) is 0 Å². The van der Waals surface area contributed by atoms with E-state index in [9.17, 15) is 4.79 Å². The smallest absolute Gasteiger partial charge is 0.246 e. The van der Waals surface area contributed by atoms with E-state index in [4.69, 9.17) is 4.42 Å². The van der Waals surface area contributed by atoms with Crippen LogP contribution in [0.5, 0.6) is 0 Å². The zero-order chi connectivity index (χ0) is 9.68. The summed E-state index contributed by atoms with van der Waals surface area (Å²) in [6.07, 6.45) is 4.99. The molecule has 0 aliphatic rings. The SMILES string of the molecule is C/C=C(/C)C(=O)NCc1ccoc1. The quantitative estimate of drug-likeness (QED) is 0.719. The molecule has 0 spiro atoms. The lowest BCUT2D eigenvalue weighted by Crippen LogP contribution is -2.23. The Labute approximate surface area is 77.4 Å². The highest BCUT2D eigenvalue weighted by molar-refractivity contribution is 5.92. The van der Waals surface area contributed by atoms with Gasteiger partial charge in [0.05, 0.1) is 12.5 Å². The molecule has 0 aliphatic carbocycles. The van der Waals surface area contributed by atoms with E-state index < -0.39 is 0 Å². The van der Waals surface area contributed by atoms with Crippen LogP contribution in [0.25, 0.3) is 0 Å². The lowest BCUT2D eigenvalue weighted by Gasteiger charge is -2.02.